The van der Waals surface area contributed by atoms with Crippen LogP contribution in [0.2, 0.25) is 0 Å². The molecule has 1 aromatic rings. The Kier molecular flexibility index (Phi) is 4.04. The molecule has 0 aromatic carbocycles. The van der Waals surface area contributed by atoms with Gasteiger partial charge in [0.05, 0.1) is 0 Å². The van der Waals surface area contributed by atoms with Crippen LogP contribution in [0.1, 0.15) is 6.42 Å². The Labute approximate surface area is 73.4 Å². The number of hydrogen-bond donors (Lipinski definition) is 1. The Balaban J connectivity index is 2.07. The quantitative estimate of drug-likeness (QED) is 0.248. The van der Waals surface area contributed by atoms with Crippen LogP contribution in [0.25, 0.3) is 10.4 Å². The number of azide groups is 1. The standard InChI is InChI=1S/C5H8N6S/c6-11-8-2-1-3-12-5-7-4-9-10-5/h4H,1-3H2,(H,7,9,10). The summed E-state index contributed by atoms with van der Waals surface area (Å²) in [5.74, 6) is 0.883. The molecule has 0 amide bonds. The lowest BCUT2D eigenvalue weighted by Crippen LogP contribution is -1.84. The minimum Gasteiger partial charge on any atom is -0.254 e. The van der Waals surface area contributed by atoms with Crippen molar-refractivity contribution >= 4 is 11.8 Å². The van der Waals surface area contributed by atoms with Crippen LogP contribution in [0.5, 0.6) is 0 Å². The lowest BCUT2D eigenvalue weighted by Gasteiger charge is -1.92. The van der Waals surface area contributed by atoms with Crippen LogP contribution < -0.4 is 0 Å². The average molecular weight is 184 g/mol. The van der Waals surface area contributed by atoms with Gasteiger partial charge >= 0.3 is 0 Å². The van der Waals surface area contributed by atoms with Gasteiger partial charge in [-0.15, -0.1) is 0 Å². The molecule has 0 aliphatic carbocycles. The fourth-order valence-electron chi connectivity index (χ4n) is 0.613. The molecule has 0 bridgehead atoms. The van der Waals surface area contributed by atoms with Crippen LogP contribution in [0.15, 0.2) is 16.6 Å². The van der Waals surface area contributed by atoms with E-state index in [1.54, 1.807) is 11.8 Å². The second kappa shape index (κ2) is 5.45. The fraction of sp³-hybridized carbons (Fsp3) is 0.600. The van der Waals surface area contributed by atoms with Gasteiger partial charge in [-0.3, -0.25) is 5.10 Å². The SMILES string of the molecule is [N-]=[N+]=NCCCSc1ncn[nH]1. The summed E-state index contributed by atoms with van der Waals surface area (Å²) in [6, 6.07) is 0. The highest BCUT2D eigenvalue weighted by Gasteiger charge is 1.94. The van der Waals surface area contributed by atoms with Gasteiger partial charge in [-0.25, -0.2) is 4.98 Å². The third-order valence-corrected chi connectivity index (χ3v) is 2.06. The predicted octanol–water partition coefficient (Wildman–Crippen LogP) is 1.60. The first kappa shape index (κ1) is 8.89. The van der Waals surface area contributed by atoms with E-state index in [4.69, 9.17) is 5.53 Å². The minimum atomic E-state index is 0.539. The lowest BCUT2D eigenvalue weighted by atomic mass is 10.5. The highest BCUT2D eigenvalue weighted by Crippen LogP contribution is 2.11. The molecule has 0 saturated carbocycles. The maximum absolute atomic E-state index is 7.97. The van der Waals surface area contributed by atoms with E-state index in [-0.39, 0.29) is 0 Å². The summed E-state index contributed by atoms with van der Waals surface area (Å²) in [5.41, 5.74) is 7.97. The predicted molar refractivity (Wildman–Crippen MR) is 45.7 cm³/mol. The van der Waals surface area contributed by atoms with Crippen molar-refractivity contribution in [2.75, 3.05) is 12.3 Å². The largest absolute Gasteiger partial charge is 0.254 e. The fourth-order valence-corrected chi connectivity index (χ4v) is 1.32. The Morgan fingerprint density at radius 1 is 1.75 bits per heavy atom. The number of nitrogens with zero attached hydrogens (tertiary/aromatic N) is 5. The van der Waals surface area contributed by atoms with Gasteiger partial charge in [0.15, 0.2) is 5.16 Å². The van der Waals surface area contributed by atoms with Crippen molar-refractivity contribution in [3.05, 3.63) is 16.8 Å². The average Bonchev–Trinajstić information content (AvgIpc) is 2.57. The van der Waals surface area contributed by atoms with Crippen LogP contribution in [0.4, 0.5) is 0 Å². The summed E-state index contributed by atoms with van der Waals surface area (Å²) in [5, 5.41) is 10.6. The second-order valence-electron chi connectivity index (χ2n) is 1.95. The Hall–Kier alpha value is -1.20. The molecule has 0 aliphatic rings. The molecule has 0 radical (unpaired) electrons. The van der Waals surface area contributed by atoms with Crippen molar-refractivity contribution in [2.24, 2.45) is 5.11 Å². The van der Waals surface area contributed by atoms with E-state index < -0.39 is 0 Å². The van der Waals surface area contributed by atoms with E-state index in [2.05, 4.69) is 25.2 Å². The summed E-state index contributed by atoms with van der Waals surface area (Å²) in [4.78, 5) is 6.58. The van der Waals surface area contributed by atoms with Crippen molar-refractivity contribution in [1.29, 1.82) is 0 Å². The van der Waals surface area contributed by atoms with E-state index in [0.717, 1.165) is 17.3 Å². The smallest absolute Gasteiger partial charge is 0.183 e. The molecular formula is C5H8N6S. The Bertz CT molecular complexity index is 251. The topological polar surface area (TPSA) is 90.3 Å². The zero-order valence-corrected chi connectivity index (χ0v) is 7.16. The van der Waals surface area contributed by atoms with Gasteiger partial charge in [0.1, 0.15) is 6.33 Å². The summed E-state index contributed by atoms with van der Waals surface area (Å²) in [6.07, 6.45) is 2.32. The molecule has 1 aromatic heterocycles. The number of thioether (sulfide) groups is 1. The second-order valence-corrected chi connectivity index (χ2v) is 3.03. The summed E-state index contributed by atoms with van der Waals surface area (Å²) in [7, 11) is 0. The van der Waals surface area contributed by atoms with Gasteiger partial charge in [-0.05, 0) is 12.0 Å². The van der Waals surface area contributed by atoms with Gasteiger partial charge in [-0.1, -0.05) is 16.9 Å². The van der Waals surface area contributed by atoms with Crippen molar-refractivity contribution in [1.82, 2.24) is 15.2 Å². The summed E-state index contributed by atoms with van der Waals surface area (Å²) < 4.78 is 0. The van der Waals surface area contributed by atoms with E-state index in [9.17, 15) is 0 Å². The molecule has 0 aliphatic heterocycles. The Morgan fingerprint density at radius 2 is 2.67 bits per heavy atom. The number of nitrogens with one attached hydrogen (secondary N) is 1. The van der Waals surface area contributed by atoms with Crippen LogP contribution in [0.3, 0.4) is 0 Å². The van der Waals surface area contributed by atoms with Gasteiger partial charge in [0, 0.05) is 17.2 Å². The molecule has 7 heteroatoms. The molecule has 0 saturated heterocycles. The first-order valence-corrected chi connectivity index (χ1v) is 4.41. The lowest BCUT2D eigenvalue weighted by molar-refractivity contribution is 0.921. The Morgan fingerprint density at radius 3 is 3.33 bits per heavy atom. The van der Waals surface area contributed by atoms with Crippen molar-refractivity contribution in [3.63, 3.8) is 0 Å². The number of rotatable bonds is 5. The maximum Gasteiger partial charge on any atom is 0.183 e. The molecule has 0 fully saturated rings. The molecule has 0 spiro atoms. The van der Waals surface area contributed by atoms with Gasteiger partial charge < -0.3 is 0 Å². The van der Waals surface area contributed by atoms with Crippen molar-refractivity contribution < 1.29 is 0 Å². The molecule has 64 valence electrons. The van der Waals surface area contributed by atoms with Crippen molar-refractivity contribution in [3.8, 4) is 0 Å². The summed E-state index contributed by atoms with van der Waals surface area (Å²) >= 11 is 1.57. The van der Waals surface area contributed by atoms with E-state index >= 15 is 0 Å². The molecule has 1 rings (SSSR count). The number of aromatic nitrogens is 3. The van der Waals surface area contributed by atoms with E-state index in [1.165, 1.54) is 6.33 Å². The normalized spacial score (nSPS) is 9.33. The van der Waals surface area contributed by atoms with Gasteiger partial charge in [0.25, 0.3) is 0 Å². The maximum atomic E-state index is 7.97. The third-order valence-electron chi connectivity index (χ3n) is 1.10. The first-order chi connectivity index (χ1) is 5.93. The van der Waals surface area contributed by atoms with E-state index in [1.807, 2.05) is 0 Å². The monoisotopic (exact) mass is 184 g/mol. The van der Waals surface area contributed by atoms with Crippen LogP contribution in [-0.4, -0.2) is 27.5 Å². The zero-order valence-electron chi connectivity index (χ0n) is 6.34. The third kappa shape index (κ3) is 3.27. The van der Waals surface area contributed by atoms with Crippen LogP contribution in [0, 0.1) is 0 Å². The molecule has 1 heterocycles. The number of aromatic amines is 1. The molecule has 6 nitrogen and oxygen atoms in total. The molecule has 0 unspecified atom stereocenters. The minimum absolute atomic E-state index is 0.539. The van der Waals surface area contributed by atoms with Gasteiger partial charge in [0.2, 0.25) is 0 Å². The number of H-pyrrole nitrogens is 1. The van der Waals surface area contributed by atoms with Crippen LogP contribution >= 0.6 is 11.8 Å². The first-order valence-electron chi connectivity index (χ1n) is 3.42. The molecule has 12 heavy (non-hydrogen) atoms. The van der Waals surface area contributed by atoms with Gasteiger partial charge in [-0.2, -0.15) is 5.10 Å². The van der Waals surface area contributed by atoms with Crippen LogP contribution in [-0.2, 0) is 0 Å². The van der Waals surface area contributed by atoms with E-state index in [0.29, 0.717) is 6.54 Å². The molecule has 0 atom stereocenters. The zero-order chi connectivity index (χ0) is 8.65. The van der Waals surface area contributed by atoms with Crippen molar-refractivity contribution in [2.45, 2.75) is 11.6 Å². The summed E-state index contributed by atoms with van der Waals surface area (Å²) in [6.45, 7) is 0.539. The highest BCUT2D eigenvalue weighted by molar-refractivity contribution is 7.99. The molecule has 1 N–H and O–H groups in total. The highest BCUT2D eigenvalue weighted by atomic mass is 32.2. The molecular weight excluding hydrogens is 176 g/mol. The number of hydrogen-bond acceptors (Lipinski definition) is 4.